The summed E-state index contributed by atoms with van der Waals surface area (Å²) in [7, 11) is 0. The number of benzene rings is 1. The molecule has 0 saturated carbocycles. The molecule has 4 nitrogen and oxygen atoms in total. The van der Waals surface area contributed by atoms with Crippen LogP contribution in [0.4, 0.5) is 13.2 Å². The average molecular weight is 361 g/mol. The van der Waals surface area contributed by atoms with E-state index in [4.69, 9.17) is 21.1 Å². The summed E-state index contributed by atoms with van der Waals surface area (Å²) in [5, 5.41) is 1.88. The molecule has 1 unspecified atom stereocenters. The highest BCUT2D eigenvalue weighted by atomic mass is 35.5. The molecule has 1 fully saturated rings. The third-order valence-corrected chi connectivity index (χ3v) is 3.99. The van der Waals surface area contributed by atoms with E-state index in [0.717, 1.165) is 25.3 Å². The summed E-state index contributed by atoms with van der Waals surface area (Å²) >= 11 is 6.16. The van der Waals surface area contributed by atoms with Gasteiger partial charge in [0.25, 0.3) is 0 Å². The topological polar surface area (TPSA) is 33.7 Å². The number of para-hydroxylation sites is 1. The summed E-state index contributed by atoms with van der Waals surface area (Å²) in [4.78, 5) is 0. The van der Waals surface area contributed by atoms with Crippen LogP contribution >= 0.6 is 11.6 Å². The van der Waals surface area contributed by atoms with Gasteiger partial charge in [-0.1, -0.05) is 23.7 Å². The lowest BCUT2D eigenvalue weighted by atomic mass is 10.2. The smallest absolute Gasteiger partial charge is 0.419 e. The van der Waals surface area contributed by atoms with Crippen molar-refractivity contribution >= 4 is 11.6 Å². The number of nitrogens with zero attached hydrogens (tertiary/aromatic N) is 1. The first kappa shape index (κ1) is 17.0. The van der Waals surface area contributed by atoms with Crippen LogP contribution in [0.15, 0.2) is 47.5 Å². The predicted molar refractivity (Wildman–Crippen MR) is 82.7 cm³/mol. The first-order chi connectivity index (χ1) is 11.4. The highest BCUT2D eigenvalue weighted by molar-refractivity contribution is 6.31. The number of alkyl halides is 3. The minimum Gasteiger partial charge on any atom is -0.454 e. The van der Waals surface area contributed by atoms with Crippen LogP contribution in [0.2, 0.25) is 0 Å². The molecule has 0 amide bonds. The molecule has 0 aliphatic carbocycles. The van der Waals surface area contributed by atoms with Gasteiger partial charge in [-0.15, -0.1) is 0 Å². The van der Waals surface area contributed by atoms with Crippen molar-refractivity contribution in [1.29, 1.82) is 0 Å². The Kier molecular flexibility index (Phi) is 4.91. The van der Waals surface area contributed by atoms with Gasteiger partial charge in [0.15, 0.2) is 5.76 Å². The third kappa shape index (κ3) is 3.79. The average Bonchev–Trinajstić information content (AvgIpc) is 2.57. The van der Waals surface area contributed by atoms with E-state index in [1.807, 2.05) is 0 Å². The number of hydrogen-bond acceptors (Lipinski definition) is 4. The summed E-state index contributed by atoms with van der Waals surface area (Å²) in [5.74, 6) is -0.188. The van der Waals surface area contributed by atoms with E-state index in [1.165, 1.54) is 24.4 Å². The normalized spacial score (nSPS) is 21.7. The van der Waals surface area contributed by atoms with E-state index >= 15 is 0 Å². The maximum Gasteiger partial charge on any atom is 0.419 e. The second kappa shape index (κ2) is 6.94. The van der Waals surface area contributed by atoms with E-state index < -0.39 is 11.7 Å². The fraction of sp³-hybridized carbons (Fsp3) is 0.375. The lowest BCUT2D eigenvalue weighted by Crippen LogP contribution is -2.44. The first-order valence-electron chi connectivity index (χ1n) is 7.53. The molecule has 8 heteroatoms. The molecule has 24 heavy (non-hydrogen) atoms. The standard InChI is InChI=1S/C16H16ClF3N2O2/c17-12-10-22(15-7-3-4-8-23-15)21-9-14(12)24-13-6-2-1-5-11(13)16(18,19)20/h1-2,5-6,9-10,15,21H,3-4,7-8H2. The van der Waals surface area contributed by atoms with Gasteiger partial charge < -0.3 is 9.47 Å². The molecule has 1 aromatic carbocycles. The monoisotopic (exact) mass is 360 g/mol. The second-order valence-corrected chi connectivity index (χ2v) is 5.85. The van der Waals surface area contributed by atoms with Gasteiger partial charge in [0, 0.05) is 12.8 Å². The zero-order chi connectivity index (χ0) is 17.2. The van der Waals surface area contributed by atoms with Gasteiger partial charge in [0.05, 0.1) is 11.8 Å². The lowest BCUT2D eigenvalue weighted by molar-refractivity contribution is -0.138. The Bertz CT molecular complexity index is 655. The molecule has 0 spiro atoms. The minimum atomic E-state index is -4.50. The molecular weight excluding hydrogens is 345 g/mol. The van der Waals surface area contributed by atoms with Crippen LogP contribution in [-0.2, 0) is 10.9 Å². The van der Waals surface area contributed by atoms with Crippen molar-refractivity contribution in [2.75, 3.05) is 6.61 Å². The molecule has 0 bridgehead atoms. The number of hydrogen-bond donors (Lipinski definition) is 1. The minimum absolute atomic E-state index is 0.112. The molecule has 1 aromatic rings. The maximum atomic E-state index is 13.0. The van der Waals surface area contributed by atoms with Crippen LogP contribution in [0.1, 0.15) is 24.8 Å². The molecular formula is C16H16ClF3N2O2. The fourth-order valence-electron chi connectivity index (χ4n) is 2.52. The molecule has 2 aliphatic rings. The molecule has 0 aromatic heterocycles. The zero-order valence-electron chi connectivity index (χ0n) is 12.6. The number of hydrazine groups is 1. The summed E-state index contributed by atoms with van der Waals surface area (Å²) in [6.45, 7) is 0.667. The van der Waals surface area contributed by atoms with Crippen molar-refractivity contribution in [2.45, 2.75) is 31.7 Å². The van der Waals surface area contributed by atoms with Gasteiger partial charge in [-0.3, -0.25) is 10.4 Å². The van der Waals surface area contributed by atoms with Gasteiger partial charge >= 0.3 is 6.18 Å². The van der Waals surface area contributed by atoms with E-state index in [9.17, 15) is 13.2 Å². The first-order valence-corrected chi connectivity index (χ1v) is 7.91. The molecule has 3 rings (SSSR count). The summed E-state index contributed by atoms with van der Waals surface area (Å²) < 4.78 is 50.0. The van der Waals surface area contributed by atoms with E-state index in [1.54, 1.807) is 11.2 Å². The van der Waals surface area contributed by atoms with Gasteiger partial charge in [0.2, 0.25) is 0 Å². The Labute approximate surface area is 142 Å². The van der Waals surface area contributed by atoms with E-state index in [2.05, 4.69) is 5.43 Å². The lowest BCUT2D eigenvalue weighted by Gasteiger charge is -2.35. The highest BCUT2D eigenvalue weighted by Gasteiger charge is 2.34. The number of rotatable bonds is 3. The Morgan fingerprint density at radius 2 is 2.04 bits per heavy atom. The number of allylic oxidation sites excluding steroid dienone is 1. The summed E-state index contributed by atoms with van der Waals surface area (Å²) in [6.07, 6.45) is 1.22. The van der Waals surface area contributed by atoms with Crippen molar-refractivity contribution in [3.8, 4) is 5.75 Å². The largest absolute Gasteiger partial charge is 0.454 e. The quantitative estimate of drug-likeness (QED) is 0.868. The van der Waals surface area contributed by atoms with Crippen molar-refractivity contribution in [1.82, 2.24) is 10.4 Å². The number of nitrogens with one attached hydrogen (secondary N) is 1. The molecule has 1 saturated heterocycles. The van der Waals surface area contributed by atoms with Crippen LogP contribution in [0, 0.1) is 0 Å². The Morgan fingerprint density at radius 3 is 2.71 bits per heavy atom. The van der Waals surface area contributed by atoms with Crippen LogP contribution in [0.3, 0.4) is 0 Å². The Morgan fingerprint density at radius 1 is 1.25 bits per heavy atom. The number of ether oxygens (including phenoxy) is 2. The Hall–Kier alpha value is -1.86. The van der Waals surface area contributed by atoms with Crippen LogP contribution in [0.5, 0.6) is 5.75 Å². The summed E-state index contributed by atoms with van der Waals surface area (Å²) in [5.41, 5.74) is 2.07. The fourth-order valence-corrected chi connectivity index (χ4v) is 2.72. The van der Waals surface area contributed by atoms with Crippen molar-refractivity contribution in [2.24, 2.45) is 0 Å². The molecule has 1 atom stereocenters. The zero-order valence-corrected chi connectivity index (χ0v) is 13.4. The molecule has 0 radical (unpaired) electrons. The van der Waals surface area contributed by atoms with Crippen molar-refractivity contribution in [3.05, 3.63) is 53.0 Å². The highest BCUT2D eigenvalue weighted by Crippen LogP contribution is 2.37. The molecule has 2 aliphatic heterocycles. The SMILES string of the molecule is FC(F)(F)c1ccccc1OC1=CNN(C2CCCCO2)C=C1Cl. The maximum absolute atomic E-state index is 13.0. The van der Waals surface area contributed by atoms with E-state index in [0.29, 0.717) is 6.61 Å². The van der Waals surface area contributed by atoms with Gasteiger partial charge in [0.1, 0.15) is 17.0 Å². The number of halogens is 4. The van der Waals surface area contributed by atoms with Crippen LogP contribution in [-0.4, -0.2) is 17.8 Å². The van der Waals surface area contributed by atoms with Crippen LogP contribution in [0.25, 0.3) is 0 Å². The van der Waals surface area contributed by atoms with Crippen molar-refractivity contribution < 1.29 is 22.6 Å². The van der Waals surface area contributed by atoms with Crippen molar-refractivity contribution in [3.63, 3.8) is 0 Å². The van der Waals surface area contributed by atoms with Crippen LogP contribution < -0.4 is 10.2 Å². The molecule has 1 N–H and O–H groups in total. The van der Waals surface area contributed by atoms with Gasteiger partial charge in [-0.2, -0.15) is 13.2 Å². The predicted octanol–water partition coefficient (Wildman–Crippen LogP) is 4.35. The van der Waals surface area contributed by atoms with Gasteiger partial charge in [-0.25, -0.2) is 0 Å². The second-order valence-electron chi connectivity index (χ2n) is 5.44. The van der Waals surface area contributed by atoms with E-state index in [-0.39, 0.29) is 22.8 Å². The Balaban J connectivity index is 1.74. The molecule has 130 valence electrons. The van der Waals surface area contributed by atoms with Gasteiger partial charge in [-0.05, 0) is 31.4 Å². The summed E-state index contributed by atoms with van der Waals surface area (Å²) in [6, 6.07) is 5.00. The molecule has 2 heterocycles. The third-order valence-electron chi connectivity index (χ3n) is 3.71.